The summed E-state index contributed by atoms with van der Waals surface area (Å²) in [4.78, 5) is 14.9. The highest BCUT2D eigenvalue weighted by molar-refractivity contribution is 5.89. The standard InChI is InChI=1S/C17H28N2O2/c1-19-14(20)16(4-2-3-5-16)18-17(19)8-6-15(7-9-17)10-12-21-13-11-15/h18H,2-13H2,1H3. The van der Waals surface area contributed by atoms with Crippen LogP contribution in [0.25, 0.3) is 0 Å². The van der Waals surface area contributed by atoms with Gasteiger partial charge in [-0.1, -0.05) is 12.8 Å². The van der Waals surface area contributed by atoms with Gasteiger partial charge in [0, 0.05) is 20.3 Å². The quantitative estimate of drug-likeness (QED) is 0.745. The number of ether oxygens (including phenoxy) is 1. The number of hydrogen-bond acceptors (Lipinski definition) is 3. The van der Waals surface area contributed by atoms with Crippen molar-refractivity contribution in [2.75, 3.05) is 20.3 Å². The Kier molecular flexibility index (Phi) is 3.13. The van der Waals surface area contributed by atoms with E-state index in [0.717, 1.165) is 38.9 Å². The van der Waals surface area contributed by atoms with Crippen molar-refractivity contribution in [1.82, 2.24) is 10.2 Å². The predicted molar refractivity (Wildman–Crippen MR) is 80.8 cm³/mol. The average Bonchev–Trinajstić information content (AvgIpc) is 3.05. The number of carbonyl (C=O) groups excluding carboxylic acids is 1. The van der Waals surface area contributed by atoms with Gasteiger partial charge in [-0.15, -0.1) is 0 Å². The Labute approximate surface area is 127 Å². The van der Waals surface area contributed by atoms with Crippen molar-refractivity contribution >= 4 is 5.91 Å². The van der Waals surface area contributed by atoms with E-state index in [1.54, 1.807) is 0 Å². The summed E-state index contributed by atoms with van der Waals surface area (Å²) < 4.78 is 5.55. The highest BCUT2D eigenvalue weighted by atomic mass is 16.5. The minimum Gasteiger partial charge on any atom is -0.381 e. The molecule has 0 aromatic carbocycles. The number of nitrogens with one attached hydrogen (secondary N) is 1. The molecule has 0 radical (unpaired) electrons. The van der Waals surface area contributed by atoms with Crippen molar-refractivity contribution in [3.63, 3.8) is 0 Å². The third kappa shape index (κ3) is 1.98. The molecule has 2 heterocycles. The van der Waals surface area contributed by atoms with Crippen LogP contribution < -0.4 is 5.32 Å². The Balaban J connectivity index is 1.52. The molecule has 4 rings (SSSR count). The number of carbonyl (C=O) groups is 1. The molecule has 4 fully saturated rings. The summed E-state index contributed by atoms with van der Waals surface area (Å²) in [7, 11) is 2.03. The van der Waals surface area contributed by atoms with Gasteiger partial charge in [0.25, 0.3) is 0 Å². The first-order valence-electron chi connectivity index (χ1n) is 8.75. The molecule has 4 nitrogen and oxygen atoms in total. The van der Waals surface area contributed by atoms with Crippen LogP contribution in [0.5, 0.6) is 0 Å². The van der Waals surface area contributed by atoms with Crippen LogP contribution in [-0.4, -0.2) is 42.3 Å². The van der Waals surface area contributed by atoms with Crippen molar-refractivity contribution in [3.05, 3.63) is 0 Å². The Hall–Kier alpha value is -0.610. The van der Waals surface area contributed by atoms with E-state index in [9.17, 15) is 4.79 Å². The molecule has 1 amide bonds. The van der Waals surface area contributed by atoms with Crippen LogP contribution in [0.2, 0.25) is 0 Å². The van der Waals surface area contributed by atoms with Gasteiger partial charge in [-0.3, -0.25) is 10.1 Å². The SMILES string of the molecule is CN1C(=O)C2(CCCC2)NC12CCC1(CCOCC1)CC2. The van der Waals surface area contributed by atoms with Crippen LogP contribution in [-0.2, 0) is 9.53 Å². The first kappa shape index (κ1) is 14.0. The van der Waals surface area contributed by atoms with Gasteiger partial charge in [-0.05, 0) is 56.8 Å². The first-order valence-corrected chi connectivity index (χ1v) is 8.75. The molecule has 2 aliphatic carbocycles. The second-order valence-electron chi connectivity index (χ2n) is 7.92. The third-order valence-electron chi connectivity index (χ3n) is 6.98. The molecule has 3 spiro atoms. The Bertz CT molecular complexity index is 426. The second kappa shape index (κ2) is 4.69. The van der Waals surface area contributed by atoms with E-state index in [0.29, 0.717) is 11.3 Å². The van der Waals surface area contributed by atoms with Crippen molar-refractivity contribution < 1.29 is 9.53 Å². The zero-order valence-corrected chi connectivity index (χ0v) is 13.2. The molecular weight excluding hydrogens is 264 g/mol. The lowest BCUT2D eigenvalue weighted by Gasteiger charge is -2.49. The number of nitrogens with zero attached hydrogens (tertiary/aromatic N) is 1. The largest absolute Gasteiger partial charge is 0.381 e. The zero-order valence-electron chi connectivity index (χ0n) is 13.2. The first-order chi connectivity index (χ1) is 10.1. The summed E-state index contributed by atoms with van der Waals surface area (Å²) in [6.07, 6.45) is 11.6. The Morgan fingerprint density at radius 2 is 1.57 bits per heavy atom. The fourth-order valence-corrected chi connectivity index (χ4v) is 5.37. The molecule has 0 bridgehead atoms. The molecule has 0 unspecified atom stereocenters. The second-order valence-corrected chi connectivity index (χ2v) is 7.92. The summed E-state index contributed by atoms with van der Waals surface area (Å²) in [6, 6.07) is 0. The molecule has 2 saturated heterocycles. The maximum atomic E-state index is 12.8. The summed E-state index contributed by atoms with van der Waals surface area (Å²) in [6.45, 7) is 1.86. The summed E-state index contributed by atoms with van der Waals surface area (Å²) in [5, 5.41) is 3.85. The lowest BCUT2D eigenvalue weighted by atomic mass is 9.66. The fraction of sp³-hybridized carbons (Fsp3) is 0.941. The van der Waals surface area contributed by atoms with E-state index in [-0.39, 0.29) is 11.2 Å². The van der Waals surface area contributed by atoms with Crippen LogP contribution in [0.1, 0.15) is 64.2 Å². The molecule has 118 valence electrons. The van der Waals surface area contributed by atoms with Gasteiger partial charge in [-0.2, -0.15) is 0 Å². The molecule has 4 aliphatic rings. The molecular formula is C17H28N2O2. The minimum absolute atomic E-state index is 0.0506. The van der Waals surface area contributed by atoms with E-state index < -0.39 is 0 Å². The molecule has 2 aliphatic heterocycles. The molecule has 4 heteroatoms. The number of amides is 1. The van der Waals surface area contributed by atoms with E-state index in [1.807, 2.05) is 7.05 Å². The van der Waals surface area contributed by atoms with Crippen LogP contribution >= 0.6 is 0 Å². The van der Waals surface area contributed by atoms with E-state index in [2.05, 4.69) is 10.2 Å². The van der Waals surface area contributed by atoms with Crippen LogP contribution in [0.15, 0.2) is 0 Å². The maximum Gasteiger partial charge on any atom is 0.244 e. The lowest BCUT2D eigenvalue weighted by molar-refractivity contribution is -0.134. The monoisotopic (exact) mass is 292 g/mol. The molecule has 2 saturated carbocycles. The molecule has 1 N–H and O–H groups in total. The zero-order chi connectivity index (χ0) is 14.6. The highest BCUT2D eigenvalue weighted by Gasteiger charge is 2.59. The summed E-state index contributed by atoms with van der Waals surface area (Å²) in [5.41, 5.74) is 0.237. The van der Waals surface area contributed by atoms with Crippen LogP contribution in [0.4, 0.5) is 0 Å². The van der Waals surface area contributed by atoms with E-state index in [1.165, 1.54) is 38.5 Å². The Morgan fingerprint density at radius 1 is 0.952 bits per heavy atom. The van der Waals surface area contributed by atoms with Crippen molar-refractivity contribution in [3.8, 4) is 0 Å². The fourth-order valence-electron chi connectivity index (χ4n) is 5.37. The van der Waals surface area contributed by atoms with E-state index in [4.69, 9.17) is 4.74 Å². The van der Waals surface area contributed by atoms with Gasteiger partial charge in [0.1, 0.15) is 0 Å². The highest BCUT2D eigenvalue weighted by Crippen LogP contribution is 2.51. The predicted octanol–water partition coefficient (Wildman–Crippen LogP) is 2.43. The number of hydrogen-bond donors (Lipinski definition) is 1. The van der Waals surface area contributed by atoms with Crippen molar-refractivity contribution in [2.24, 2.45) is 5.41 Å². The van der Waals surface area contributed by atoms with Gasteiger partial charge >= 0.3 is 0 Å². The average molecular weight is 292 g/mol. The number of likely N-dealkylation sites (N-methyl/N-ethyl adjacent to an activating group) is 1. The van der Waals surface area contributed by atoms with Gasteiger partial charge in [-0.25, -0.2) is 0 Å². The topological polar surface area (TPSA) is 41.6 Å². The summed E-state index contributed by atoms with van der Waals surface area (Å²) >= 11 is 0. The van der Waals surface area contributed by atoms with E-state index >= 15 is 0 Å². The summed E-state index contributed by atoms with van der Waals surface area (Å²) in [5.74, 6) is 0.364. The van der Waals surface area contributed by atoms with Crippen molar-refractivity contribution in [2.45, 2.75) is 75.4 Å². The normalized spacial score (nSPS) is 33.4. The smallest absolute Gasteiger partial charge is 0.244 e. The van der Waals surface area contributed by atoms with Crippen LogP contribution in [0.3, 0.4) is 0 Å². The van der Waals surface area contributed by atoms with Crippen molar-refractivity contribution in [1.29, 1.82) is 0 Å². The van der Waals surface area contributed by atoms with Gasteiger partial charge in [0.15, 0.2) is 0 Å². The van der Waals surface area contributed by atoms with Crippen LogP contribution in [0, 0.1) is 5.41 Å². The van der Waals surface area contributed by atoms with Gasteiger partial charge in [0.05, 0.1) is 11.2 Å². The number of rotatable bonds is 0. The molecule has 21 heavy (non-hydrogen) atoms. The lowest BCUT2D eigenvalue weighted by Crippen LogP contribution is -2.57. The van der Waals surface area contributed by atoms with Gasteiger partial charge < -0.3 is 9.64 Å². The molecule has 0 atom stereocenters. The molecule has 0 aromatic rings. The molecule has 0 aromatic heterocycles. The Morgan fingerprint density at radius 3 is 2.19 bits per heavy atom. The maximum absolute atomic E-state index is 12.8. The minimum atomic E-state index is -0.213. The third-order valence-corrected chi connectivity index (χ3v) is 6.98. The van der Waals surface area contributed by atoms with Gasteiger partial charge in [0.2, 0.25) is 5.91 Å².